The van der Waals surface area contributed by atoms with Gasteiger partial charge in [0.25, 0.3) is 5.91 Å². The molecule has 1 N–H and O–H groups in total. The minimum atomic E-state index is -3.71. The predicted octanol–water partition coefficient (Wildman–Crippen LogP) is 2.38. The highest BCUT2D eigenvalue weighted by Gasteiger charge is 2.31. The van der Waals surface area contributed by atoms with Crippen LogP contribution in [0.15, 0.2) is 45.5 Å². The molecule has 1 atom stereocenters. The van der Waals surface area contributed by atoms with Crippen LogP contribution < -0.4 is 5.32 Å². The Bertz CT molecular complexity index is 1090. The number of amides is 1. The van der Waals surface area contributed by atoms with Gasteiger partial charge in [-0.05, 0) is 36.1 Å². The van der Waals surface area contributed by atoms with E-state index in [4.69, 9.17) is 0 Å². The molecular formula is C18H22N2O5S4. The van der Waals surface area contributed by atoms with Gasteiger partial charge in [0, 0.05) is 30.9 Å². The van der Waals surface area contributed by atoms with Gasteiger partial charge in [0.05, 0.1) is 10.9 Å². The van der Waals surface area contributed by atoms with Crippen molar-refractivity contribution in [1.82, 2.24) is 9.62 Å². The Morgan fingerprint density at radius 3 is 2.28 bits per heavy atom. The molecule has 1 aromatic carbocycles. The second kappa shape index (κ2) is 8.76. The van der Waals surface area contributed by atoms with Crippen LogP contribution in [0, 0.1) is 0 Å². The summed E-state index contributed by atoms with van der Waals surface area (Å²) in [7, 11) is -7.01. The lowest BCUT2D eigenvalue weighted by Crippen LogP contribution is -2.38. The molecule has 0 bridgehead atoms. The molecule has 1 aromatic heterocycles. The standard InChI is InChI=1S/C18H22N2O5S4/c1-13(14-3-5-15(6-4-14)28(2,22)23)19-18(21)17-16(7-10-27-17)29(24,25)20-8-11-26-12-9-20/h3-7,10,13H,8-9,11-12H2,1-2H3,(H,19,21). The number of benzene rings is 1. The first-order valence-corrected chi connectivity index (χ1v) is 14.2. The minimum Gasteiger partial charge on any atom is -0.345 e. The molecule has 1 amide bonds. The molecule has 3 rings (SSSR count). The van der Waals surface area contributed by atoms with Gasteiger partial charge in [-0.2, -0.15) is 16.1 Å². The molecule has 29 heavy (non-hydrogen) atoms. The van der Waals surface area contributed by atoms with Gasteiger partial charge >= 0.3 is 0 Å². The molecule has 2 aromatic rings. The molecule has 0 saturated carbocycles. The van der Waals surface area contributed by atoms with Gasteiger partial charge in [-0.3, -0.25) is 4.79 Å². The summed E-state index contributed by atoms with van der Waals surface area (Å²) in [5, 5.41) is 4.41. The van der Waals surface area contributed by atoms with Gasteiger partial charge in [-0.1, -0.05) is 12.1 Å². The van der Waals surface area contributed by atoms with Crippen LogP contribution in [0.3, 0.4) is 0 Å². The number of nitrogens with one attached hydrogen (secondary N) is 1. The number of carbonyl (C=O) groups excluding carboxylic acids is 1. The van der Waals surface area contributed by atoms with Crippen LogP contribution >= 0.6 is 23.1 Å². The normalized spacial score (nSPS) is 17.0. The Hall–Kier alpha value is -1.40. The van der Waals surface area contributed by atoms with Crippen LogP contribution in [0.4, 0.5) is 0 Å². The van der Waals surface area contributed by atoms with E-state index >= 15 is 0 Å². The Kier molecular flexibility index (Phi) is 6.74. The third-order valence-corrected chi connectivity index (χ3v) is 9.63. The van der Waals surface area contributed by atoms with Crippen LogP contribution in [0.25, 0.3) is 0 Å². The molecule has 0 spiro atoms. The summed E-state index contributed by atoms with van der Waals surface area (Å²) in [4.78, 5) is 13.2. The molecule has 1 fully saturated rings. The van der Waals surface area contributed by atoms with Crippen molar-refractivity contribution >= 4 is 48.9 Å². The van der Waals surface area contributed by atoms with Crippen LogP contribution in [-0.2, 0) is 19.9 Å². The van der Waals surface area contributed by atoms with E-state index in [1.165, 1.54) is 22.5 Å². The number of rotatable bonds is 6. The second-order valence-electron chi connectivity index (χ2n) is 6.67. The van der Waals surface area contributed by atoms with E-state index < -0.39 is 31.8 Å². The topological polar surface area (TPSA) is 101 Å². The number of thiophene rings is 1. The van der Waals surface area contributed by atoms with Crippen LogP contribution in [0.1, 0.15) is 28.2 Å². The first-order chi connectivity index (χ1) is 13.6. The average Bonchev–Trinajstić information content (AvgIpc) is 3.19. The molecule has 1 unspecified atom stereocenters. The van der Waals surface area contributed by atoms with Gasteiger partial charge < -0.3 is 5.32 Å². The van der Waals surface area contributed by atoms with Gasteiger partial charge in [-0.15, -0.1) is 11.3 Å². The summed E-state index contributed by atoms with van der Waals surface area (Å²) >= 11 is 2.80. The maximum absolute atomic E-state index is 12.9. The van der Waals surface area contributed by atoms with Crippen molar-refractivity contribution in [3.8, 4) is 0 Å². The number of carbonyl (C=O) groups is 1. The van der Waals surface area contributed by atoms with E-state index in [0.717, 1.165) is 34.7 Å². The van der Waals surface area contributed by atoms with Crippen LogP contribution in [0.5, 0.6) is 0 Å². The molecule has 2 heterocycles. The first kappa shape index (κ1) is 22.3. The summed E-state index contributed by atoms with van der Waals surface area (Å²) in [5.41, 5.74) is 0.722. The van der Waals surface area contributed by atoms with E-state index in [1.54, 1.807) is 36.2 Å². The smallest absolute Gasteiger partial charge is 0.263 e. The molecule has 158 valence electrons. The van der Waals surface area contributed by atoms with E-state index in [9.17, 15) is 21.6 Å². The molecule has 11 heteroatoms. The summed E-state index contributed by atoms with van der Waals surface area (Å²) in [6.07, 6.45) is 1.13. The number of thioether (sulfide) groups is 1. The predicted molar refractivity (Wildman–Crippen MR) is 116 cm³/mol. The van der Waals surface area contributed by atoms with Crippen molar-refractivity contribution in [1.29, 1.82) is 0 Å². The fraction of sp³-hybridized carbons (Fsp3) is 0.389. The zero-order chi connectivity index (χ0) is 21.2. The zero-order valence-electron chi connectivity index (χ0n) is 16.0. The number of sulfonamides is 1. The zero-order valence-corrected chi connectivity index (χ0v) is 19.3. The monoisotopic (exact) mass is 474 g/mol. The molecule has 1 aliphatic heterocycles. The lowest BCUT2D eigenvalue weighted by atomic mass is 10.1. The fourth-order valence-electron chi connectivity index (χ4n) is 2.94. The Balaban J connectivity index is 1.77. The lowest BCUT2D eigenvalue weighted by Gasteiger charge is -2.25. The van der Waals surface area contributed by atoms with E-state index in [1.807, 2.05) is 0 Å². The van der Waals surface area contributed by atoms with Crippen molar-refractivity contribution < 1.29 is 21.6 Å². The van der Waals surface area contributed by atoms with Gasteiger partial charge in [-0.25, -0.2) is 16.8 Å². The highest BCUT2D eigenvalue weighted by atomic mass is 32.2. The van der Waals surface area contributed by atoms with Crippen molar-refractivity contribution in [3.05, 3.63) is 46.2 Å². The maximum Gasteiger partial charge on any atom is 0.263 e. The molecule has 1 aliphatic rings. The highest BCUT2D eigenvalue weighted by molar-refractivity contribution is 7.99. The summed E-state index contributed by atoms with van der Waals surface area (Å²) in [5.74, 6) is 1.02. The van der Waals surface area contributed by atoms with Gasteiger partial charge in [0.2, 0.25) is 10.0 Å². The average molecular weight is 475 g/mol. The minimum absolute atomic E-state index is 0.0338. The maximum atomic E-state index is 12.9. The molecule has 0 radical (unpaired) electrons. The third-order valence-electron chi connectivity index (χ3n) is 4.58. The Morgan fingerprint density at radius 2 is 1.69 bits per heavy atom. The van der Waals surface area contributed by atoms with Crippen molar-refractivity contribution in [2.75, 3.05) is 30.9 Å². The lowest BCUT2D eigenvalue weighted by molar-refractivity contribution is 0.0941. The molecule has 0 aliphatic carbocycles. The van der Waals surface area contributed by atoms with Crippen molar-refractivity contribution in [2.24, 2.45) is 0 Å². The van der Waals surface area contributed by atoms with E-state index in [2.05, 4.69) is 5.32 Å². The first-order valence-electron chi connectivity index (χ1n) is 8.87. The summed E-state index contributed by atoms with van der Waals surface area (Å²) < 4.78 is 50.5. The largest absolute Gasteiger partial charge is 0.345 e. The molecular weight excluding hydrogens is 452 g/mol. The number of sulfone groups is 1. The van der Waals surface area contributed by atoms with Gasteiger partial charge in [0.15, 0.2) is 9.84 Å². The highest BCUT2D eigenvalue weighted by Crippen LogP contribution is 2.28. The summed E-state index contributed by atoms with van der Waals surface area (Å²) in [6, 6.07) is 7.31. The van der Waals surface area contributed by atoms with Gasteiger partial charge in [0.1, 0.15) is 9.77 Å². The molecule has 7 nitrogen and oxygen atoms in total. The second-order valence-corrected chi connectivity index (χ2v) is 12.7. The Morgan fingerprint density at radius 1 is 1.07 bits per heavy atom. The third kappa shape index (κ3) is 5.02. The fourth-order valence-corrected chi connectivity index (χ4v) is 7.45. The SMILES string of the molecule is CC(NC(=O)c1sccc1S(=O)(=O)N1CCSCC1)c1ccc(S(C)(=O)=O)cc1. The number of hydrogen-bond donors (Lipinski definition) is 1. The van der Waals surface area contributed by atoms with Crippen molar-refractivity contribution in [3.63, 3.8) is 0 Å². The van der Waals surface area contributed by atoms with E-state index in [-0.39, 0.29) is 14.7 Å². The Labute approximate surface area is 179 Å². The quantitative estimate of drug-likeness (QED) is 0.690. The number of hydrogen-bond acceptors (Lipinski definition) is 7. The number of nitrogens with zero attached hydrogens (tertiary/aromatic N) is 1. The molecule has 1 saturated heterocycles. The van der Waals surface area contributed by atoms with Crippen LogP contribution in [-0.4, -0.2) is 57.9 Å². The van der Waals surface area contributed by atoms with E-state index in [0.29, 0.717) is 13.1 Å². The summed E-state index contributed by atoms with van der Waals surface area (Å²) in [6.45, 7) is 2.64. The van der Waals surface area contributed by atoms with Crippen molar-refractivity contribution in [2.45, 2.75) is 22.8 Å². The van der Waals surface area contributed by atoms with Crippen LogP contribution in [0.2, 0.25) is 0 Å².